The third-order valence-electron chi connectivity index (χ3n) is 4.40. The Morgan fingerprint density at radius 1 is 0.929 bits per heavy atom. The van der Waals surface area contributed by atoms with Crippen molar-refractivity contribution in [3.8, 4) is 0 Å². The van der Waals surface area contributed by atoms with E-state index in [1.807, 2.05) is 13.0 Å². The molecule has 2 aromatic carbocycles. The second-order valence-corrected chi connectivity index (χ2v) is 11.3. The number of thiophene rings is 1. The molecule has 1 N–H and O–H groups in total. The Hall–Kier alpha value is -2.00. The van der Waals surface area contributed by atoms with Crippen molar-refractivity contribution in [3.05, 3.63) is 82.0 Å². The molecule has 5 nitrogen and oxygen atoms in total. The second kappa shape index (κ2) is 8.16. The van der Waals surface area contributed by atoms with E-state index in [-0.39, 0.29) is 16.3 Å². The highest BCUT2D eigenvalue weighted by molar-refractivity contribution is 7.92. The van der Waals surface area contributed by atoms with Gasteiger partial charge in [-0.25, -0.2) is 21.6 Å². The number of sulfonamides is 1. The molecule has 0 aliphatic heterocycles. The van der Waals surface area contributed by atoms with Crippen LogP contribution < -0.4 is 4.72 Å². The van der Waals surface area contributed by atoms with Gasteiger partial charge in [0, 0.05) is 11.4 Å². The van der Waals surface area contributed by atoms with Crippen molar-refractivity contribution >= 4 is 31.2 Å². The maximum atomic E-state index is 13.2. The molecule has 0 saturated carbocycles. The van der Waals surface area contributed by atoms with E-state index >= 15 is 0 Å². The summed E-state index contributed by atoms with van der Waals surface area (Å²) in [6.45, 7) is 3.28. The van der Waals surface area contributed by atoms with Gasteiger partial charge in [-0.1, -0.05) is 36.4 Å². The topological polar surface area (TPSA) is 80.3 Å². The highest BCUT2D eigenvalue weighted by Crippen LogP contribution is 2.31. The Balaban J connectivity index is 1.95. The fourth-order valence-corrected chi connectivity index (χ4v) is 7.16. The summed E-state index contributed by atoms with van der Waals surface area (Å²) in [5.74, 6) is 0. The van der Waals surface area contributed by atoms with Gasteiger partial charge in [-0.2, -0.15) is 0 Å². The maximum Gasteiger partial charge on any atom is 0.240 e. The number of hydrogen-bond donors (Lipinski definition) is 1. The number of sulfone groups is 1. The lowest BCUT2D eigenvalue weighted by Gasteiger charge is -2.18. The molecule has 0 fully saturated rings. The maximum absolute atomic E-state index is 13.2. The molecule has 0 aliphatic rings. The van der Waals surface area contributed by atoms with Crippen LogP contribution in [-0.2, 0) is 19.9 Å². The van der Waals surface area contributed by atoms with E-state index in [4.69, 9.17) is 0 Å². The van der Waals surface area contributed by atoms with E-state index in [0.29, 0.717) is 10.4 Å². The molecular formula is C20H21NO4S3. The summed E-state index contributed by atoms with van der Waals surface area (Å²) in [4.78, 5) is 0.918. The fourth-order valence-electron chi connectivity index (χ4n) is 2.87. The largest absolute Gasteiger partial charge is 0.240 e. The van der Waals surface area contributed by atoms with Gasteiger partial charge in [-0.15, -0.1) is 11.3 Å². The van der Waals surface area contributed by atoms with Crippen molar-refractivity contribution in [2.75, 3.05) is 6.54 Å². The Morgan fingerprint density at radius 3 is 2.29 bits per heavy atom. The number of hydrogen-bond acceptors (Lipinski definition) is 5. The van der Waals surface area contributed by atoms with Crippen LogP contribution in [-0.4, -0.2) is 23.4 Å². The van der Waals surface area contributed by atoms with Crippen LogP contribution in [0.1, 0.15) is 21.3 Å². The summed E-state index contributed by atoms with van der Waals surface area (Å²) in [5, 5.41) is 0.775. The van der Waals surface area contributed by atoms with Gasteiger partial charge in [-0.05, 0) is 54.6 Å². The molecule has 148 valence electrons. The zero-order valence-corrected chi connectivity index (χ0v) is 17.9. The standard InChI is InChI=1S/C20H21NO4S3/c1-15-10-11-16(2)19(13-15)28(24,25)21-14-20(18-9-6-12-26-18)27(22,23)17-7-4-3-5-8-17/h3-13,20-21H,14H2,1-2H3. The van der Waals surface area contributed by atoms with E-state index in [0.717, 1.165) is 5.56 Å². The van der Waals surface area contributed by atoms with E-state index in [1.165, 1.54) is 23.5 Å². The van der Waals surface area contributed by atoms with Crippen LogP contribution >= 0.6 is 11.3 Å². The predicted octanol–water partition coefficient (Wildman–Crippen LogP) is 3.86. The minimum atomic E-state index is -3.85. The van der Waals surface area contributed by atoms with Crippen molar-refractivity contribution in [1.29, 1.82) is 0 Å². The molecule has 0 amide bonds. The summed E-state index contributed by atoms with van der Waals surface area (Å²) < 4.78 is 54.5. The first-order valence-electron chi connectivity index (χ1n) is 8.61. The van der Waals surface area contributed by atoms with E-state index in [2.05, 4.69) is 4.72 Å². The molecule has 3 rings (SSSR count). The van der Waals surface area contributed by atoms with Gasteiger partial charge < -0.3 is 0 Å². The molecule has 1 unspecified atom stereocenters. The molecular weight excluding hydrogens is 414 g/mol. The quantitative estimate of drug-likeness (QED) is 0.611. The first kappa shape index (κ1) is 20.7. The minimum Gasteiger partial charge on any atom is -0.223 e. The van der Waals surface area contributed by atoms with Crippen LogP contribution in [0.15, 0.2) is 75.8 Å². The normalized spacial score (nSPS) is 13.4. The predicted molar refractivity (Wildman–Crippen MR) is 112 cm³/mol. The lowest BCUT2D eigenvalue weighted by atomic mass is 10.2. The SMILES string of the molecule is Cc1ccc(C)c(S(=O)(=O)NCC(c2cccs2)S(=O)(=O)c2ccccc2)c1. The molecule has 0 aliphatic carbocycles. The summed E-state index contributed by atoms with van der Waals surface area (Å²) in [6, 6.07) is 16.7. The summed E-state index contributed by atoms with van der Waals surface area (Å²) in [6.07, 6.45) is 0. The van der Waals surface area contributed by atoms with Crippen LogP contribution in [0.4, 0.5) is 0 Å². The van der Waals surface area contributed by atoms with Gasteiger partial charge >= 0.3 is 0 Å². The van der Waals surface area contributed by atoms with E-state index < -0.39 is 25.1 Å². The van der Waals surface area contributed by atoms with Crippen molar-refractivity contribution < 1.29 is 16.8 Å². The highest BCUT2D eigenvalue weighted by atomic mass is 32.2. The van der Waals surface area contributed by atoms with Crippen molar-refractivity contribution in [3.63, 3.8) is 0 Å². The lowest BCUT2D eigenvalue weighted by Crippen LogP contribution is -2.32. The van der Waals surface area contributed by atoms with Gasteiger partial charge in [-0.3, -0.25) is 0 Å². The molecule has 1 heterocycles. The third-order valence-corrected chi connectivity index (χ3v) is 9.20. The van der Waals surface area contributed by atoms with Crippen molar-refractivity contribution in [2.45, 2.75) is 28.9 Å². The summed E-state index contributed by atoms with van der Waals surface area (Å²) in [7, 11) is -7.62. The van der Waals surface area contributed by atoms with Crippen LogP contribution in [0.5, 0.6) is 0 Å². The Kier molecular flexibility index (Phi) is 6.04. The van der Waals surface area contributed by atoms with E-state index in [1.54, 1.807) is 54.8 Å². The highest BCUT2D eigenvalue weighted by Gasteiger charge is 2.31. The third kappa shape index (κ3) is 4.35. The molecule has 8 heteroatoms. The Bertz CT molecular complexity index is 1150. The van der Waals surface area contributed by atoms with Crippen molar-refractivity contribution in [1.82, 2.24) is 4.72 Å². The second-order valence-electron chi connectivity index (χ2n) is 6.48. The van der Waals surface area contributed by atoms with Crippen LogP contribution in [0.2, 0.25) is 0 Å². The van der Waals surface area contributed by atoms with Gasteiger partial charge in [0.1, 0.15) is 5.25 Å². The Labute approximate surface area is 170 Å². The smallest absolute Gasteiger partial charge is 0.223 e. The molecule has 1 aromatic heterocycles. The molecule has 0 radical (unpaired) electrons. The summed E-state index contributed by atoms with van der Waals surface area (Å²) in [5.41, 5.74) is 1.43. The average Bonchev–Trinajstić information content (AvgIpc) is 3.18. The lowest BCUT2D eigenvalue weighted by molar-refractivity contribution is 0.569. The Morgan fingerprint density at radius 2 is 1.64 bits per heavy atom. The molecule has 28 heavy (non-hydrogen) atoms. The zero-order chi connectivity index (χ0) is 20.4. The zero-order valence-electron chi connectivity index (χ0n) is 15.5. The molecule has 0 saturated heterocycles. The first-order valence-corrected chi connectivity index (χ1v) is 12.5. The molecule has 3 aromatic rings. The molecule has 1 atom stereocenters. The number of aryl methyl sites for hydroxylation is 2. The van der Waals surface area contributed by atoms with Crippen molar-refractivity contribution in [2.24, 2.45) is 0 Å². The molecule has 0 bridgehead atoms. The molecule has 0 spiro atoms. The van der Waals surface area contributed by atoms with Gasteiger partial charge in [0.25, 0.3) is 0 Å². The van der Waals surface area contributed by atoms with E-state index in [9.17, 15) is 16.8 Å². The van der Waals surface area contributed by atoms with Crippen LogP contribution in [0.25, 0.3) is 0 Å². The first-order chi connectivity index (χ1) is 13.2. The number of benzene rings is 2. The van der Waals surface area contributed by atoms with Gasteiger partial charge in [0.05, 0.1) is 9.79 Å². The van der Waals surface area contributed by atoms with Gasteiger partial charge in [0.2, 0.25) is 10.0 Å². The minimum absolute atomic E-state index is 0.162. The summed E-state index contributed by atoms with van der Waals surface area (Å²) >= 11 is 1.29. The monoisotopic (exact) mass is 435 g/mol. The fraction of sp³-hybridized carbons (Fsp3) is 0.200. The average molecular weight is 436 g/mol. The number of rotatable bonds is 7. The van der Waals surface area contributed by atoms with Crippen LogP contribution in [0, 0.1) is 13.8 Å². The van der Waals surface area contributed by atoms with Crippen LogP contribution in [0.3, 0.4) is 0 Å². The van der Waals surface area contributed by atoms with Gasteiger partial charge in [0.15, 0.2) is 9.84 Å². The number of nitrogens with one attached hydrogen (secondary N) is 1.